The predicted molar refractivity (Wildman–Crippen MR) is 52.5 cm³/mol. The van der Waals surface area contributed by atoms with Crippen molar-refractivity contribution < 1.29 is 9.57 Å². The summed E-state index contributed by atoms with van der Waals surface area (Å²) in [5.74, 6) is 0. The minimum absolute atomic E-state index is 0.450. The fourth-order valence-corrected chi connectivity index (χ4v) is 1.54. The summed E-state index contributed by atoms with van der Waals surface area (Å²) in [6.07, 6.45) is 6.60. The maximum atomic E-state index is 5.45. The maximum absolute atomic E-state index is 5.45. The minimum atomic E-state index is 0.450. The van der Waals surface area contributed by atoms with Gasteiger partial charge in [0.25, 0.3) is 0 Å². The van der Waals surface area contributed by atoms with Gasteiger partial charge in [0.15, 0.2) is 0 Å². The highest BCUT2D eigenvalue weighted by atomic mass is 16.7. The van der Waals surface area contributed by atoms with Gasteiger partial charge in [0.05, 0.1) is 12.7 Å². The van der Waals surface area contributed by atoms with Crippen LogP contribution >= 0.6 is 0 Å². The van der Waals surface area contributed by atoms with E-state index >= 15 is 0 Å². The molecule has 1 fully saturated rings. The third kappa shape index (κ3) is 5.24. The second kappa shape index (κ2) is 7.30. The monoisotopic (exact) mass is 187 g/mol. The third-order valence-electron chi connectivity index (χ3n) is 2.25. The van der Waals surface area contributed by atoms with Gasteiger partial charge in [-0.25, -0.2) is 0 Å². The number of hydroxylamine groups is 1. The van der Waals surface area contributed by atoms with E-state index in [4.69, 9.17) is 9.57 Å². The van der Waals surface area contributed by atoms with E-state index in [9.17, 15) is 0 Å². The van der Waals surface area contributed by atoms with Crippen molar-refractivity contribution in [3.63, 3.8) is 0 Å². The van der Waals surface area contributed by atoms with Gasteiger partial charge in [-0.15, -0.1) is 0 Å². The van der Waals surface area contributed by atoms with E-state index in [-0.39, 0.29) is 0 Å². The van der Waals surface area contributed by atoms with Crippen molar-refractivity contribution in [1.82, 2.24) is 5.48 Å². The molecule has 78 valence electrons. The molecule has 0 atom stereocenters. The number of hydrogen-bond acceptors (Lipinski definition) is 3. The van der Waals surface area contributed by atoms with Crippen LogP contribution in [-0.2, 0) is 9.57 Å². The smallest absolute Gasteiger partial charge is 0.0790 e. The van der Waals surface area contributed by atoms with Crippen LogP contribution < -0.4 is 5.48 Å². The largest absolute Gasteiger partial charge is 0.380 e. The maximum Gasteiger partial charge on any atom is 0.0790 e. The molecule has 3 nitrogen and oxygen atoms in total. The highest BCUT2D eigenvalue weighted by Crippen LogP contribution is 2.19. The first kappa shape index (κ1) is 11.0. The van der Waals surface area contributed by atoms with Crippen molar-refractivity contribution in [2.75, 3.05) is 19.8 Å². The predicted octanol–water partition coefficient (Wildman–Crippen LogP) is 1.88. The molecule has 1 aliphatic carbocycles. The first-order valence-corrected chi connectivity index (χ1v) is 5.39. The molecule has 0 radical (unpaired) electrons. The SMILES string of the molecule is CCCOCCNOC1CCCC1. The molecule has 0 bridgehead atoms. The molecule has 0 aromatic carbocycles. The van der Waals surface area contributed by atoms with Crippen LogP contribution in [0.25, 0.3) is 0 Å². The molecule has 0 saturated heterocycles. The van der Waals surface area contributed by atoms with E-state index in [0.29, 0.717) is 6.10 Å². The fourth-order valence-electron chi connectivity index (χ4n) is 1.54. The lowest BCUT2D eigenvalue weighted by Gasteiger charge is -2.11. The Morgan fingerprint density at radius 2 is 2.00 bits per heavy atom. The van der Waals surface area contributed by atoms with Crippen molar-refractivity contribution in [2.24, 2.45) is 0 Å². The Bertz CT molecular complexity index is 113. The molecule has 13 heavy (non-hydrogen) atoms. The molecule has 1 saturated carbocycles. The zero-order valence-electron chi connectivity index (χ0n) is 8.55. The molecule has 1 aliphatic rings. The second-order valence-corrected chi connectivity index (χ2v) is 3.53. The van der Waals surface area contributed by atoms with Crippen LogP contribution in [0, 0.1) is 0 Å². The van der Waals surface area contributed by atoms with Crippen LogP contribution in [0.1, 0.15) is 39.0 Å². The van der Waals surface area contributed by atoms with Gasteiger partial charge in [-0.05, 0) is 19.3 Å². The van der Waals surface area contributed by atoms with Crippen LogP contribution in [0.15, 0.2) is 0 Å². The van der Waals surface area contributed by atoms with Crippen molar-refractivity contribution in [3.8, 4) is 0 Å². The summed E-state index contributed by atoms with van der Waals surface area (Å²) in [6.45, 7) is 4.52. The first-order chi connectivity index (χ1) is 6.43. The molecule has 0 unspecified atom stereocenters. The zero-order valence-corrected chi connectivity index (χ0v) is 8.55. The number of hydrogen-bond donors (Lipinski definition) is 1. The Balaban J connectivity index is 1.78. The Morgan fingerprint density at radius 3 is 2.69 bits per heavy atom. The first-order valence-electron chi connectivity index (χ1n) is 5.39. The third-order valence-corrected chi connectivity index (χ3v) is 2.25. The highest BCUT2D eigenvalue weighted by Gasteiger charge is 2.14. The molecular weight excluding hydrogens is 166 g/mol. The number of rotatable bonds is 7. The summed E-state index contributed by atoms with van der Waals surface area (Å²) < 4.78 is 5.31. The zero-order chi connectivity index (χ0) is 9.36. The summed E-state index contributed by atoms with van der Waals surface area (Å²) >= 11 is 0. The molecule has 0 aliphatic heterocycles. The van der Waals surface area contributed by atoms with Crippen molar-refractivity contribution >= 4 is 0 Å². The Kier molecular flexibility index (Phi) is 6.15. The van der Waals surface area contributed by atoms with Crippen LogP contribution in [0.2, 0.25) is 0 Å². The van der Waals surface area contributed by atoms with Gasteiger partial charge >= 0.3 is 0 Å². The number of nitrogens with one attached hydrogen (secondary N) is 1. The van der Waals surface area contributed by atoms with Crippen LogP contribution in [0.4, 0.5) is 0 Å². The summed E-state index contributed by atoms with van der Waals surface area (Å²) in [4.78, 5) is 5.45. The van der Waals surface area contributed by atoms with Gasteiger partial charge in [-0.3, -0.25) is 4.84 Å². The van der Waals surface area contributed by atoms with Crippen LogP contribution in [-0.4, -0.2) is 25.9 Å². The molecule has 0 amide bonds. The molecule has 1 rings (SSSR count). The lowest BCUT2D eigenvalue weighted by Crippen LogP contribution is -2.25. The van der Waals surface area contributed by atoms with E-state index in [1.807, 2.05) is 0 Å². The molecule has 1 N–H and O–H groups in total. The van der Waals surface area contributed by atoms with Gasteiger partial charge < -0.3 is 4.74 Å². The van der Waals surface area contributed by atoms with Gasteiger partial charge in [-0.2, -0.15) is 5.48 Å². The second-order valence-electron chi connectivity index (χ2n) is 3.53. The van der Waals surface area contributed by atoms with Gasteiger partial charge in [0.1, 0.15) is 0 Å². The van der Waals surface area contributed by atoms with E-state index in [1.54, 1.807) is 0 Å². The summed E-state index contributed by atoms with van der Waals surface area (Å²) in [7, 11) is 0. The quantitative estimate of drug-likeness (QED) is 0.487. The lowest BCUT2D eigenvalue weighted by molar-refractivity contribution is -0.0312. The normalized spacial score (nSPS) is 18.2. The van der Waals surface area contributed by atoms with E-state index < -0.39 is 0 Å². The van der Waals surface area contributed by atoms with Crippen molar-refractivity contribution in [3.05, 3.63) is 0 Å². The van der Waals surface area contributed by atoms with Gasteiger partial charge in [0.2, 0.25) is 0 Å². The van der Waals surface area contributed by atoms with Crippen LogP contribution in [0.3, 0.4) is 0 Å². The topological polar surface area (TPSA) is 30.5 Å². The van der Waals surface area contributed by atoms with Crippen LogP contribution in [0.5, 0.6) is 0 Å². The number of ether oxygens (including phenoxy) is 1. The Labute approximate surface area is 80.7 Å². The molecule has 3 heteroatoms. The van der Waals surface area contributed by atoms with E-state index in [2.05, 4.69) is 12.4 Å². The minimum Gasteiger partial charge on any atom is -0.380 e. The average molecular weight is 187 g/mol. The summed E-state index contributed by atoms with van der Waals surface area (Å²) in [6, 6.07) is 0. The van der Waals surface area contributed by atoms with E-state index in [0.717, 1.165) is 26.2 Å². The fraction of sp³-hybridized carbons (Fsp3) is 1.00. The van der Waals surface area contributed by atoms with Gasteiger partial charge in [0, 0.05) is 13.2 Å². The molecule has 0 spiro atoms. The molecular formula is C10H21NO2. The van der Waals surface area contributed by atoms with Crippen molar-refractivity contribution in [1.29, 1.82) is 0 Å². The highest BCUT2D eigenvalue weighted by molar-refractivity contribution is 4.65. The van der Waals surface area contributed by atoms with Gasteiger partial charge in [-0.1, -0.05) is 19.8 Å². The Morgan fingerprint density at radius 1 is 1.23 bits per heavy atom. The molecule has 0 aromatic heterocycles. The standard InChI is InChI=1S/C10H21NO2/c1-2-8-12-9-7-11-13-10-5-3-4-6-10/h10-11H,2-9H2,1H3. The lowest BCUT2D eigenvalue weighted by atomic mass is 10.3. The molecule has 0 aromatic rings. The summed E-state index contributed by atoms with van der Waals surface area (Å²) in [5.41, 5.74) is 2.96. The summed E-state index contributed by atoms with van der Waals surface area (Å²) in [5, 5.41) is 0. The van der Waals surface area contributed by atoms with E-state index in [1.165, 1.54) is 25.7 Å². The molecule has 0 heterocycles. The van der Waals surface area contributed by atoms with Crippen molar-refractivity contribution in [2.45, 2.75) is 45.1 Å². The Hall–Kier alpha value is -0.120. The average Bonchev–Trinajstić information content (AvgIpc) is 2.63.